The fourth-order valence-corrected chi connectivity index (χ4v) is 1.78. The molecule has 0 amide bonds. The van der Waals surface area contributed by atoms with Crippen LogP contribution in [0.1, 0.15) is 11.1 Å². The van der Waals surface area contributed by atoms with Gasteiger partial charge in [-0.1, -0.05) is 12.1 Å². The van der Waals surface area contributed by atoms with Crippen molar-refractivity contribution in [2.45, 2.75) is 12.8 Å². The first-order chi connectivity index (χ1) is 5.90. The van der Waals surface area contributed by atoms with Gasteiger partial charge in [-0.05, 0) is 29.4 Å². The molecule has 1 aliphatic heterocycles. The van der Waals surface area contributed by atoms with E-state index in [2.05, 4.69) is 30.8 Å². The lowest BCUT2D eigenvalue weighted by Gasteiger charge is -2.01. The molecule has 0 saturated heterocycles. The van der Waals surface area contributed by atoms with Crippen molar-refractivity contribution in [3.8, 4) is 5.75 Å². The summed E-state index contributed by atoms with van der Waals surface area (Å²) in [6.07, 6.45) is 2.12. The molecule has 0 spiro atoms. The summed E-state index contributed by atoms with van der Waals surface area (Å²) in [7, 11) is 0. The lowest BCUT2D eigenvalue weighted by Crippen LogP contribution is -1.87. The van der Waals surface area contributed by atoms with Crippen LogP contribution in [0.2, 0.25) is 0 Å². The van der Waals surface area contributed by atoms with Crippen molar-refractivity contribution in [3.05, 3.63) is 29.3 Å². The van der Waals surface area contributed by atoms with Crippen LogP contribution < -0.4 is 4.74 Å². The van der Waals surface area contributed by atoms with Crippen LogP contribution in [-0.2, 0) is 12.8 Å². The molecule has 64 valence electrons. The minimum absolute atomic E-state index is 0.847. The summed E-state index contributed by atoms with van der Waals surface area (Å²) in [5.41, 5.74) is 2.73. The molecule has 1 heterocycles. The first-order valence-electron chi connectivity index (χ1n) is 4.25. The number of thiol groups is 1. The van der Waals surface area contributed by atoms with E-state index in [-0.39, 0.29) is 0 Å². The number of rotatable bonds is 2. The van der Waals surface area contributed by atoms with E-state index < -0.39 is 0 Å². The Hall–Kier alpha value is -0.630. The van der Waals surface area contributed by atoms with Crippen molar-refractivity contribution in [2.75, 3.05) is 12.4 Å². The monoisotopic (exact) mass is 180 g/mol. The number of aryl methyl sites for hydroxylation is 1. The van der Waals surface area contributed by atoms with Gasteiger partial charge in [0.25, 0.3) is 0 Å². The average molecular weight is 180 g/mol. The van der Waals surface area contributed by atoms with Crippen molar-refractivity contribution in [1.29, 1.82) is 0 Å². The summed E-state index contributed by atoms with van der Waals surface area (Å²) in [5, 5.41) is 0. The number of ether oxygens (including phenoxy) is 1. The Kier molecular flexibility index (Phi) is 2.26. The van der Waals surface area contributed by atoms with Gasteiger partial charge in [0.15, 0.2) is 0 Å². The minimum atomic E-state index is 0.847. The maximum absolute atomic E-state index is 5.41. The smallest absolute Gasteiger partial charge is 0.122 e. The van der Waals surface area contributed by atoms with Crippen LogP contribution in [0.5, 0.6) is 5.75 Å². The van der Waals surface area contributed by atoms with Gasteiger partial charge in [-0.25, -0.2) is 0 Å². The van der Waals surface area contributed by atoms with Crippen LogP contribution >= 0.6 is 12.6 Å². The third-order valence-electron chi connectivity index (χ3n) is 2.15. The molecule has 2 heteroatoms. The van der Waals surface area contributed by atoms with E-state index in [0.29, 0.717) is 0 Å². The van der Waals surface area contributed by atoms with E-state index in [9.17, 15) is 0 Å². The van der Waals surface area contributed by atoms with E-state index >= 15 is 0 Å². The van der Waals surface area contributed by atoms with E-state index in [0.717, 1.165) is 31.0 Å². The highest BCUT2D eigenvalue weighted by atomic mass is 32.1. The predicted molar refractivity (Wildman–Crippen MR) is 53.2 cm³/mol. The van der Waals surface area contributed by atoms with Gasteiger partial charge in [-0.2, -0.15) is 12.6 Å². The van der Waals surface area contributed by atoms with Gasteiger partial charge in [0.05, 0.1) is 6.61 Å². The largest absolute Gasteiger partial charge is 0.493 e. The fourth-order valence-electron chi connectivity index (χ4n) is 1.52. The molecule has 1 aliphatic rings. The number of hydrogen-bond donors (Lipinski definition) is 1. The molecule has 1 aromatic rings. The van der Waals surface area contributed by atoms with Crippen LogP contribution in [-0.4, -0.2) is 12.4 Å². The van der Waals surface area contributed by atoms with Gasteiger partial charge >= 0.3 is 0 Å². The van der Waals surface area contributed by atoms with Crippen LogP contribution in [0.15, 0.2) is 18.2 Å². The molecule has 1 aromatic carbocycles. The van der Waals surface area contributed by atoms with E-state index in [1.54, 1.807) is 0 Å². The highest BCUT2D eigenvalue weighted by Gasteiger charge is 2.11. The van der Waals surface area contributed by atoms with Crippen molar-refractivity contribution in [1.82, 2.24) is 0 Å². The van der Waals surface area contributed by atoms with Gasteiger partial charge in [-0.3, -0.25) is 0 Å². The van der Waals surface area contributed by atoms with Crippen molar-refractivity contribution in [2.24, 2.45) is 0 Å². The highest BCUT2D eigenvalue weighted by Crippen LogP contribution is 2.25. The van der Waals surface area contributed by atoms with Gasteiger partial charge in [0.1, 0.15) is 5.75 Å². The lowest BCUT2D eigenvalue weighted by molar-refractivity contribution is 0.357. The second-order valence-electron chi connectivity index (χ2n) is 3.01. The van der Waals surface area contributed by atoms with E-state index in [1.165, 1.54) is 11.1 Å². The second kappa shape index (κ2) is 3.40. The van der Waals surface area contributed by atoms with Gasteiger partial charge < -0.3 is 4.74 Å². The summed E-state index contributed by atoms with van der Waals surface area (Å²) >= 11 is 4.21. The summed E-state index contributed by atoms with van der Waals surface area (Å²) in [6.45, 7) is 0.847. The summed E-state index contributed by atoms with van der Waals surface area (Å²) in [5.74, 6) is 1.98. The zero-order valence-electron chi connectivity index (χ0n) is 6.92. The average Bonchev–Trinajstić information content (AvgIpc) is 2.51. The molecule has 0 unspecified atom stereocenters. The summed E-state index contributed by atoms with van der Waals surface area (Å²) in [4.78, 5) is 0. The topological polar surface area (TPSA) is 9.23 Å². The van der Waals surface area contributed by atoms with Gasteiger partial charge in [-0.15, -0.1) is 0 Å². The number of benzene rings is 1. The zero-order chi connectivity index (χ0) is 8.39. The number of hydrogen-bond acceptors (Lipinski definition) is 2. The maximum atomic E-state index is 5.41. The SMILES string of the molecule is SCCc1ccc2c(c1)CCO2. The molecule has 12 heavy (non-hydrogen) atoms. The van der Waals surface area contributed by atoms with Crippen LogP contribution in [0.4, 0.5) is 0 Å². The first-order valence-corrected chi connectivity index (χ1v) is 4.89. The fraction of sp³-hybridized carbons (Fsp3) is 0.400. The molecule has 0 aliphatic carbocycles. The Labute approximate surface area is 78.2 Å². The Morgan fingerprint density at radius 2 is 2.33 bits per heavy atom. The molecule has 0 bridgehead atoms. The Balaban J connectivity index is 2.26. The van der Waals surface area contributed by atoms with Crippen LogP contribution in [0, 0.1) is 0 Å². The molecule has 0 aromatic heterocycles. The third kappa shape index (κ3) is 1.44. The van der Waals surface area contributed by atoms with E-state index in [1.807, 2.05) is 0 Å². The van der Waals surface area contributed by atoms with Crippen LogP contribution in [0.25, 0.3) is 0 Å². The summed E-state index contributed by atoms with van der Waals surface area (Å²) in [6, 6.07) is 6.43. The molecule has 0 fully saturated rings. The normalized spacial score (nSPS) is 14.1. The molecular weight excluding hydrogens is 168 g/mol. The maximum Gasteiger partial charge on any atom is 0.122 e. The minimum Gasteiger partial charge on any atom is -0.493 e. The molecule has 0 atom stereocenters. The van der Waals surface area contributed by atoms with Crippen molar-refractivity contribution < 1.29 is 4.74 Å². The van der Waals surface area contributed by atoms with Crippen LogP contribution in [0.3, 0.4) is 0 Å². The Morgan fingerprint density at radius 3 is 3.17 bits per heavy atom. The molecule has 0 N–H and O–H groups in total. The molecule has 0 radical (unpaired) electrons. The molecule has 1 nitrogen and oxygen atoms in total. The zero-order valence-corrected chi connectivity index (χ0v) is 7.81. The Bertz CT molecular complexity index is 283. The third-order valence-corrected chi connectivity index (χ3v) is 2.38. The first kappa shape index (κ1) is 7.99. The quantitative estimate of drug-likeness (QED) is 0.686. The van der Waals surface area contributed by atoms with Crippen molar-refractivity contribution >= 4 is 12.6 Å². The predicted octanol–water partition coefficient (Wildman–Crippen LogP) is 2.09. The summed E-state index contributed by atoms with van der Waals surface area (Å²) < 4.78 is 5.41. The highest BCUT2D eigenvalue weighted by molar-refractivity contribution is 7.80. The molecular formula is C10H12OS. The lowest BCUT2D eigenvalue weighted by atomic mass is 10.1. The number of fused-ring (bicyclic) bond motifs is 1. The standard InChI is InChI=1S/C10H12OS/c12-6-4-8-1-2-10-9(7-8)3-5-11-10/h1-2,7,12H,3-6H2. The van der Waals surface area contributed by atoms with Crippen molar-refractivity contribution in [3.63, 3.8) is 0 Å². The van der Waals surface area contributed by atoms with Gasteiger partial charge in [0, 0.05) is 6.42 Å². The van der Waals surface area contributed by atoms with Gasteiger partial charge in [0.2, 0.25) is 0 Å². The van der Waals surface area contributed by atoms with E-state index in [4.69, 9.17) is 4.74 Å². The Morgan fingerprint density at radius 1 is 1.42 bits per heavy atom. The second-order valence-corrected chi connectivity index (χ2v) is 3.46. The molecule has 0 saturated carbocycles. The molecule has 2 rings (SSSR count).